The smallest absolute Gasteiger partial charge is 0.292 e. The zero-order chi connectivity index (χ0) is 32.3. The second-order valence-corrected chi connectivity index (χ2v) is 11.7. The lowest BCUT2D eigenvalue weighted by molar-refractivity contribution is -0.126. The SMILES string of the molecule is C=COCCC(C(=O)CCCCC(=O)c1ccc(OC#N)cc1)C(CN1CCCCC1)C(C)c1ccc(OCCOCC)cc1. The van der Waals surface area contributed by atoms with Gasteiger partial charge in [0.15, 0.2) is 5.78 Å². The summed E-state index contributed by atoms with van der Waals surface area (Å²) >= 11 is 0. The van der Waals surface area contributed by atoms with E-state index >= 15 is 0 Å². The summed E-state index contributed by atoms with van der Waals surface area (Å²) in [6.07, 6.45) is 9.41. The van der Waals surface area contributed by atoms with Gasteiger partial charge in [0.2, 0.25) is 0 Å². The molecule has 0 aromatic heterocycles. The fraction of sp³-hybridized carbons (Fsp3) is 0.541. The minimum Gasteiger partial charge on any atom is -0.502 e. The lowest BCUT2D eigenvalue weighted by Gasteiger charge is -2.37. The summed E-state index contributed by atoms with van der Waals surface area (Å²) in [7, 11) is 0. The highest BCUT2D eigenvalue weighted by Gasteiger charge is 2.34. The van der Waals surface area contributed by atoms with Gasteiger partial charge in [-0.05, 0) is 106 Å². The van der Waals surface area contributed by atoms with Crippen molar-refractivity contribution in [2.75, 3.05) is 46.1 Å². The molecule has 1 aliphatic heterocycles. The van der Waals surface area contributed by atoms with E-state index in [0.717, 1.165) is 25.4 Å². The molecule has 0 radical (unpaired) electrons. The van der Waals surface area contributed by atoms with Gasteiger partial charge in [0, 0.05) is 37.5 Å². The van der Waals surface area contributed by atoms with Crippen molar-refractivity contribution < 1.29 is 28.5 Å². The van der Waals surface area contributed by atoms with Crippen LogP contribution in [-0.4, -0.2) is 62.5 Å². The number of nitriles is 1. The number of hydrogen-bond donors (Lipinski definition) is 0. The van der Waals surface area contributed by atoms with E-state index in [-0.39, 0.29) is 29.3 Å². The molecule has 244 valence electrons. The number of carbonyl (C=O) groups excluding carboxylic acids is 2. The van der Waals surface area contributed by atoms with Crippen molar-refractivity contribution in [2.24, 2.45) is 11.8 Å². The molecule has 45 heavy (non-hydrogen) atoms. The van der Waals surface area contributed by atoms with E-state index < -0.39 is 0 Å². The summed E-state index contributed by atoms with van der Waals surface area (Å²) in [6.45, 7) is 13.1. The maximum atomic E-state index is 13.9. The Balaban J connectivity index is 1.68. The standard InChI is InChI=1S/C37H50N2O6/c1-4-42-24-21-34(37(41)12-8-7-11-36(40)31-15-19-33(20-16-31)45-28-38)35(27-39-22-9-6-10-23-39)29(3)30-13-17-32(18-14-30)44-26-25-43-5-2/h4,13-20,29,34-35H,1,5-12,21-27H2,2-3H3. The first-order valence-electron chi connectivity index (χ1n) is 16.4. The highest BCUT2D eigenvalue weighted by molar-refractivity contribution is 5.96. The Kier molecular flexibility index (Phi) is 16.2. The van der Waals surface area contributed by atoms with Crippen molar-refractivity contribution in [1.29, 1.82) is 5.26 Å². The highest BCUT2D eigenvalue weighted by Crippen LogP contribution is 2.36. The molecule has 0 N–H and O–H groups in total. The number of rotatable bonds is 22. The van der Waals surface area contributed by atoms with Crippen molar-refractivity contribution in [2.45, 2.75) is 71.1 Å². The van der Waals surface area contributed by atoms with Crippen LogP contribution in [0.4, 0.5) is 0 Å². The van der Waals surface area contributed by atoms with E-state index in [9.17, 15) is 9.59 Å². The van der Waals surface area contributed by atoms with E-state index in [1.807, 2.05) is 19.1 Å². The topological polar surface area (TPSA) is 98.1 Å². The summed E-state index contributed by atoms with van der Waals surface area (Å²) in [5.74, 6) is 1.56. The Hall–Kier alpha value is -3.67. The molecule has 8 heteroatoms. The van der Waals surface area contributed by atoms with Crippen molar-refractivity contribution >= 4 is 11.6 Å². The molecule has 0 spiro atoms. The first kappa shape index (κ1) is 35.8. The fourth-order valence-corrected chi connectivity index (χ4v) is 6.12. The molecule has 1 aliphatic rings. The number of carbonyl (C=O) groups is 2. The van der Waals surface area contributed by atoms with Gasteiger partial charge in [-0.25, -0.2) is 0 Å². The van der Waals surface area contributed by atoms with Crippen molar-refractivity contribution in [3.05, 3.63) is 72.5 Å². The Morgan fingerprint density at radius 2 is 1.64 bits per heavy atom. The molecular weight excluding hydrogens is 568 g/mol. The Morgan fingerprint density at radius 1 is 0.956 bits per heavy atom. The zero-order valence-electron chi connectivity index (χ0n) is 27.1. The average molecular weight is 619 g/mol. The summed E-state index contributed by atoms with van der Waals surface area (Å²) < 4.78 is 21.5. The number of likely N-dealkylation sites (tertiary alicyclic amines) is 1. The van der Waals surface area contributed by atoms with Crippen LogP contribution in [0.5, 0.6) is 11.5 Å². The third kappa shape index (κ3) is 12.3. The van der Waals surface area contributed by atoms with E-state index in [1.165, 1.54) is 31.1 Å². The van der Waals surface area contributed by atoms with E-state index in [4.69, 9.17) is 24.2 Å². The van der Waals surface area contributed by atoms with Crippen molar-refractivity contribution in [3.8, 4) is 17.8 Å². The Bertz CT molecular complexity index is 1200. The highest BCUT2D eigenvalue weighted by atomic mass is 16.5. The molecule has 0 aliphatic carbocycles. The molecule has 3 rings (SSSR count). The molecule has 1 saturated heterocycles. The minimum absolute atomic E-state index is 0.0174. The number of ether oxygens (including phenoxy) is 4. The zero-order valence-corrected chi connectivity index (χ0v) is 27.1. The molecule has 0 bridgehead atoms. The van der Waals surface area contributed by atoms with Crippen LogP contribution in [0.1, 0.15) is 87.1 Å². The van der Waals surface area contributed by atoms with Crippen LogP contribution in [-0.2, 0) is 14.3 Å². The Morgan fingerprint density at radius 3 is 2.31 bits per heavy atom. The second kappa shape index (κ2) is 20.4. The number of unbranched alkanes of at least 4 members (excludes halogenated alkanes) is 1. The number of ketones is 2. The molecule has 8 nitrogen and oxygen atoms in total. The predicted octanol–water partition coefficient (Wildman–Crippen LogP) is 7.35. The van der Waals surface area contributed by atoms with Gasteiger partial charge in [-0.15, -0.1) is 5.26 Å². The average Bonchev–Trinajstić information content (AvgIpc) is 3.07. The number of hydrogen-bond acceptors (Lipinski definition) is 8. The lowest BCUT2D eigenvalue weighted by atomic mass is 9.74. The van der Waals surface area contributed by atoms with E-state index in [2.05, 4.69) is 30.5 Å². The van der Waals surface area contributed by atoms with Gasteiger partial charge in [0.25, 0.3) is 6.26 Å². The van der Waals surface area contributed by atoms with Crippen LogP contribution in [0.2, 0.25) is 0 Å². The molecular formula is C37H50N2O6. The fourth-order valence-electron chi connectivity index (χ4n) is 6.12. The maximum absolute atomic E-state index is 13.9. The van der Waals surface area contributed by atoms with Crippen LogP contribution in [0, 0.1) is 23.4 Å². The van der Waals surface area contributed by atoms with Crippen molar-refractivity contribution in [1.82, 2.24) is 4.90 Å². The summed E-state index contributed by atoms with van der Waals surface area (Å²) in [6, 6.07) is 14.8. The summed E-state index contributed by atoms with van der Waals surface area (Å²) in [5.41, 5.74) is 1.76. The molecule has 1 heterocycles. The third-order valence-corrected chi connectivity index (χ3v) is 8.68. The van der Waals surface area contributed by atoms with Crippen LogP contribution in [0.25, 0.3) is 0 Å². The number of piperidine rings is 1. The molecule has 0 saturated carbocycles. The molecule has 2 aromatic rings. The third-order valence-electron chi connectivity index (χ3n) is 8.68. The van der Waals surface area contributed by atoms with Gasteiger partial charge in [-0.1, -0.05) is 32.1 Å². The van der Waals surface area contributed by atoms with Crippen LogP contribution >= 0.6 is 0 Å². The second-order valence-electron chi connectivity index (χ2n) is 11.7. The van der Waals surface area contributed by atoms with Crippen molar-refractivity contribution in [3.63, 3.8) is 0 Å². The van der Waals surface area contributed by atoms with Gasteiger partial charge in [-0.3, -0.25) is 9.59 Å². The lowest BCUT2D eigenvalue weighted by Crippen LogP contribution is -2.41. The molecule has 3 atom stereocenters. The van der Waals surface area contributed by atoms with Gasteiger partial charge in [0.1, 0.15) is 23.9 Å². The van der Waals surface area contributed by atoms with Crippen LogP contribution in [0.15, 0.2) is 61.4 Å². The van der Waals surface area contributed by atoms with Gasteiger partial charge < -0.3 is 23.8 Å². The molecule has 0 amide bonds. The van der Waals surface area contributed by atoms with Gasteiger partial charge >= 0.3 is 0 Å². The maximum Gasteiger partial charge on any atom is 0.292 e. The Labute approximate surface area is 269 Å². The van der Waals surface area contributed by atoms with E-state index in [0.29, 0.717) is 69.8 Å². The summed E-state index contributed by atoms with van der Waals surface area (Å²) in [5, 5.41) is 8.65. The summed E-state index contributed by atoms with van der Waals surface area (Å²) in [4.78, 5) is 29.2. The first-order valence-corrected chi connectivity index (χ1v) is 16.4. The van der Waals surface area contributed by atoms with Gasteiger partial charge in [0.05, 0.1) is 19.5 Å². The van der Waals surface area contributed by atoms with Crippen LogP contribution < -0.4 is 9.47 Å². The quantitative estimate of drug-likeness (QED) is 0.0585. The molecule has 3 unspecified atom stereocenters. The van der Waals surface area contributed by atoms with Gasteiger partial charge in [-0.2, -0.15) is 0 Å². The molecule has 1 fully saturated rings. The molecule has 2 aromatic carbocycles. The monoisotopic (exact) mass is 618 g/mol. The minimum atomic E-state index is -0.174. The first-order chi connectivity index (χ1) is 22.0. The van der Waals surface area contributed by atoms with Crippen LogP contribution in [0.3, 0.4) is 0 Å². The number of nitrogens with zero attached hydrogens (tertiary/aromatic N) is 2. The predicted molar refractivity (Wildman–Crippen MR) is 175 cm³/mol. The normalized spacial score (nSPS) is 15.3. The van der Waals surface area contributed by atoms with E-state index in [1.54, 1.807) is 30.5 Å². The number of benzene rings is 2. The number of Topliss-reactive ketones (excluding diaryl/α,β-unsaturated/α-hetero) is 2. The largest absolute Gasteiger partial charge is 0.502 e.